The summed E-state index contributed by atoms with van der Waals surface area (Å²) in [6.45, 7) is 5.34. The molecule has 3 heterocycles. The molecule has 0 unspecified atom stereocenters. The van der Waals surface area contributed by atoms with Crippen LogP contribution in [-0.2, 0) is 13.0 Å². The smallest absolute Gasteiger partial charge is 0.220 e. The number of fused-ring (bicyclic) bond motifs is 1. The molecular formula is C22H24N6. The summed E-state index contributed by atoms with van der Waals surface area (Å²) >= 11 is 0. The van der Waals surface area contributed by atoms with E-state index in [0.29, 0.717) is 12.3 Å². The van der Waals surface area contributed by atoms with Gasteiger partial charge in [0.05, 0.1) is 23.1 Å². The largest absolute Gasteiger partial charge is 0.368 e. The minimum atomic E-state index is 0.273. The maximum absolute atomic E-state index is 5.93. The molecule has 0 aliphatic carbocycles. The molecule has 0 radical (unpaired) electrons. The number of aromatic nitrogens is 5. The van der Waals surface area contributed by atoms with Gasteiger partial charge in [0.25, 0.3) is 0 Å². The summed E-state index contributed by atoms with van der Waals surface area (Å²) in [4.78, 5) is 13.7. The van der Waals surface area contributed by atoms with E-state index < -0.39 is 0 Å². The number of benzene rings is 1. The number of pyridine rings is 1. The van der Waals surface area contributed by atoms with Crippen molar-refractivity contribution < 1.29 is 0 Å². The third kappa shape index (κ3) is 4.01. The molecule has 0 aliphatic rings. The van der Waals surface area contributed by atoms with Crippen LogP contribution in [0, 0.1) is 5.92 Å². The van der Waals surface area contributed by atoms with E-state index in [4.69, 9.17) is 10.7 Å². The molecule has 0 amide bonds. The molecular weight excluding hydrogens is 348 g/mol. The molecule has 1 aromatic carbocycles. The zero-order valence-corrected chi connectivity index (χ0v) is 16.2. The van der Waals surface area contributed by atoms with E-state index >= 15 is 0 Å². The van der Waals surface area contributed by atoms with E-state index in [-0.39, 0.29) is 5.95 Å². The normalized spacial score (nSPS) is 11.4. The predicted octanol–water partition coefficient (Wildman–Crippen LogP) is 4.11. The van der Waals surface area contributed by atoms with E-state index in [2.05, 4.69) is 41.0 Å². The Morgan fingerprint density at radius 3 is 2.61 bits per heavy atom. The Bertz CT molecular complexity index is 1080. The summed E-state index contributed by atoms with van der Waals surface area (Å²) in [7, 11) is 0. The topological polar surface area (TPSA) is 82.5 Å². The molecule has 28 heavy (non-hydrogen) atoms. The summed E-state index contributed by atoms with van der Waals surface area (Å²) in [6.07, 6.45) is 5.67. The van der Waals surface area contributed by atoms with Crippen LogP contribution < -0.4 is 5.73 Å². The molecule has 0 bridgehead atoms. The van der Waals surface area contributed by atoms with Crippen LogP contribution in [0.25, 0.3) is 22.3 Å². The molecule has 0 atom stereocenters. The number of hydrogen-bond acceptors (Lipinski definition) is 5. The van der Waals surface area contributed by atoms with Gasteiger partial charge in [-0.25, -0.2) is 15.0 Å². The van der Waals surface area contributed by atoms with Gasteiger partial charge in [0.1, 0.15) is 5.52 Å². The second kappa shape index (κ2) is 7.76. The number of anilines is 1. The maximum Gasteiger partial charge on any atom is 0.220 e. The highest BCUT2D eigenvalue weighted by molar-refractivity contribution is 5.81. The molecule has 4 rings (SSSR count). The molecule has 0 aliphatic heterocycles. The molecule has 0 saturated heterocycles. The lowest BCUT2D eigenvalue weighted by Crippen LogP contribution is -2.03. The van der Waals surface area contributed by atoms with Crippen molar-refractivity contribution in [2.24, 2.45) is 5.92 Å². The number of nitrogen functional groups attached to an aromatic ring is 1. The van der Waals surface area contributed by atoms with Gasteiger partial charge in [0.2, 0.25) is 5.95 Å². The molecule has 4 aromatic rings. The molecule has 2 N–H and O–H groups in total. The third-order valence-corrected chi connectivity index (χ3v) is 4.71. The minimum Gasteiger partial charge on any atom is -0.368 e. The Balaban J connectivity index is 1.70. The SMILES string of the molecule is CC(C)CCn1cc(-c2ccc3nc(N)nc(Cc4ccccc4)c3n2)cn1. The van der Waals surface area contributed by atoms with E-state index in [1.165, 1.54) is 0 Å². The molecule has 0 spiro atoms. The van der Waals surface area contributed by atoms with E-state index in [1.807, 2.05) is 47.4 Å². The Morgan fingerprint density at radius 1 is 1.00 bits per heavy atom. The van der Waals surface area contributed by atoms with Gasteiger partial charge in [-0.1, -0.05) is 44.2 Å². The van der Waals surface area contributed by atoms with Crippen LogP contribution in [0.4, 0.5) is 5.95 Å². The van der Waals surface area contributed by atoms with Crippen LogP contribution in [0.3, 0.4) is 0 Å². The fraction of sp³-hybridized carbons (Fsp3) is 0.273. The van der Waals surface area contributed by atoms with Crippen molar-refractivity contribution >= 4 is 17.0 Å². The van der Waals surface area contributed by atoms with Crippen LogP contribution in [0.2, 0.25) is 0 Å². The Morgan fingerprint density at radius 2 is 1.82 bits per heavy atom. The summed E-state index contributed by atoms with van der Waals surface area (Å²) < 4.78 is 1.98. The van der Waals surface area contributed by atoms with Gasteiger partial charge in [-0.15, -0.1) is 0 Å². The fourth-order valence-electron chi connectivity index (χ4n) is 3.18. The van der Waals surface area contributed by atoms with E-state index in [9.17, 15) is 0 Å². The van der Waals surface area contributed by atoms with Gasteiger partial charge >= 0.3 is 0 Å². The standard InChI is InChI=1S/C22H24N6/c1-15(2)10-11-28-14-17(13-24-28)18-8-9-19-21(25-18)20(27-22(23)26-19)12-16-6-4-3-5-7-16/h3-9,13-15H,10-12H2,1-2H3,(H2,23,26,27). The summed E-state index contributed by atoms with van der Waals surface area (Å²) in [5.74, 6) is 0.920. The number of aryl methyl sites for hydroxylation is 1. The van der Waals surface area contributed by atoms with Crippen LogP contribution in [0.15, 0.2) is 54.9 Å². The lowest BCUT2D eigenvalue weighted by atomic mass is 10.1. The average molecular weight is 372 g/mol. The first-order valence-electron chi connectivity index (χ1n) is 9.58. The maximum atomic E-state index is 5.93. The van der Waals surface area contributed by atoms with Crippen molar-refractivity contribution in [1.29, 1.82) is 0 Å². The van der Waals surface area contributed by atoms with Gasteiger partial charge in [-0.05, 0) is 30.0 Å². The monoisotopic (exact) mass is 372 g/mol. The molecule has 3 aromatic heterocycles. The van der Waals surface area contributed by atoms with Gasteiger partial charge in [-0.2, -0.15) is 5.10 Å². The van der Waals surface area contributed by atoms with Crippen LogP contribution in [0.5, 0.6) is 0 Å². The van der Waals surface area contributed by atoms with Crippen LogP contribution in [0.1, 0.15) is 31.5 Å². The molecule has 6 heteroatoms. The van der Waals surface area contributed by atoms with Crippen molar-refractivity contribution in [3.63, 3.8) is 0 Å². The Kier molecular flexibility index (Phi) is 5.02. The minimum absolute atomic E-state index is 0.273. The van der Waals surface area contributed by atoms with Crippen molar-refractivity contribution in [3.05, 3.63) is 66.1 Å². The van der Waals surface area contributed by atoms with E-state index in [0.717, 1.165) is 46.5 Å². The first-order valence-corrected chi connectivity index (χ1v) is 9.58. The highest BCUT2D eigenvalue weighted by atomic mass is 15.3. The number of nitrogens with two attached hydrogens (primary N) is 1. The zero-order valence-electron chi connectivity index (χ0n) is 16.2. The summed E-state index contributed by atoms with van der Waals surface area (Å²) in [5.41, 5.74) is 11.3. The van der Waals surface area contributed by atoms with Crippen molar-refractivity contribution in [2.75, 3.05) is 5.73 Å². The van der Waals surface area contributed by atoms with Gasteiger partial charge in [0.15, 0.2) is 0 Å². The number of rotatable bonds is 6. The van der Waals surface area contributed by atoms with Gasteiger partial charge in [-0.3, -0.25) is 4.68 Å². The Hall–Kier alpha value is -3.28. The summed E-state index contributed by atoms with van der Waals surface area (Å²) in [6, 6.07) is 14.1. The second-order valence-electron chi connectivity index (χ2n) is 7.43. The fourth-order valence-corrected chi connectivity index (χ4v) is 3.18. The highest BCUT2D eigenvalue weighted by Crippen LogP contribution is 2.23. The second-order valence-corrected chi connectivity index (χ2v) is 7.43. The predicted molar refractivity (Wildman–Crippen MR) is 112 cm³/mol. The first-order chi connectivity index (χ1) is 13.6. The molecule has 6 nitrogen and oxygen atoms in total. The molecule has 0 fully saturated rings. The van der Waals surface area contributed by atoms with Crippen LogP contribution in [-0.4, -0.2) is 24.7 Å². The molecule has 0 saturated carbocycles. The van der Waals surface area contributed by atoms with Crippen molar-refractivity contribution in [2.45, 2.75) is 33.2 Å². The lowest BCUT2D eigenvalue weighted by Gasteiger charge is -2.08. The van der Waals surface area contributed by atoms with Gasteiger partial charge in [0, 0.05) is 24.7 Å². The highest BCUT2D eigenvalue weighted by Gasteiger charge is 2.12. The summed E-state index contributed by atoms with van der Waals surface area (Å²) in [5, 5.41) is 4.47. The quantitative estimate of drug-likeness (QED) is 0.551. The van der Waals surface area contributed by atoms with E-state index in [1.54, 1.807) is 0 Å². The first kappa shape index (κ1) is 18.1. The lowest BCUT2D eigenvalue weighted by molar-refractivity contribution is 0.487. The average Bonchev–Trinajstić information content (AvgIpc) is 3.16. The Labute approximate surface area is 164 Å². The molecule has 142 valence electrons. The number of hydrogen-bond donors (Lipinski definition) is 1. The van der Waals surface area contributed by atoms with Gasteiger partial charge < -0.3 is 5.73 Å². The van der Waals surface area contributed by atoms with Crippen molar-refractivity contribution in [3.8, 4) is 11.3 Å². The zero-order chi connectivity index (χ0) is 19.5. The third-order valence-electron chi connectivity index (χ3n) is 4.71. The number of nitrogens with zero attached hydrogens (tertiary/aromatic N) is 5. The van der Waals surface area contributed by atoms with Crippen molar-refractivity contribution in [1.82, 2.24) is 24.7 Å². The van der Waals surface area contributed by atoms with Crippen LogP contribution >= 0.6 is 0 Å².